The number of aliphatic hydroxyl groups excluding tert-OH is 2. The standard InChI is InChI=1S/C23H49NO2/c1-3-4-5-6-7-8-9-10-11-12-13-14-15-16-17-18-19-23(22-26)24(2)20-21-25/h23,25-26H,3-22H2,1-2H3. The van der Waals surface area contributed by atoms with E-state index in [1.807, 2.05) is 7.05 Å². The van der Waals surface area contributed by atoms with Gasteiger partial charge >= 0.3 is 0 Å². The van der Waals surface area contributed by atoms with Crippen molar-refractivity contribution in [2.24, 2.45) is 0 Å². The zero-order chi connectivity index (χ0) is 19.3. The second kappa shape index (κ2) is 21.2. The fourth-order valence-electron chi connectivity index (χ4n) is 3.72. The van der Waals surface area contributed by atoms with Crippen LogP contribution in [0, 0.1) is 0 Å². The predicted molar refractivity (Wildman–Crippen MR) is 115 cm³/mol. The maximum atomic E-state index is 9.43. The van der Waals surface area contributed by atoms with Crippen LogP contribution in [-0.4, -0.2) is 48.0 Å². The van der Waals surface area contributed by atoms with Gasteiger partial charge in [0.25, 0.3) is 0 Å². The zero-order valence-corrected chi connectivity index (χ0v) is 18.1. The van der Waals surface area contributed by atoms with Gasteiger partial charge in [0.05, 0.1) is 13.2 Å². The number of rotatable bonds is 21. The lowest BCUT2D eigenvalue weighted by Gasteiger charge is -2.25. The summed E-state index contributed by atoms with van der Waals surface area (Å²) in [6.45, 7) is 3.32. The third kappa shape index (κ3) is 17.3. The fourth-order valence-corrected chi connectivity index (χ4v) is 3.72. The van der Waals surface area contributed by atoms with Gasteiger partial charge in [-0.3, -0.25) is 4.90 Å². The van der Waals surface area contributed by atoms with E-state index >= 15 is 0 Å². The third-order valence-corrected chi connectivity index (χ3v) is 5.68. The molecule has 0 saturated carbocycles. The molecule has 3 nitrogen and oxygen atoms in total. The molecule has 158 valence electrons. The van der Waals surface area contributed by atoms with Gasteiger partial charge in [-0.05, 0) is 13.5 Å². The highest BCUT2D eigenvalue weighted by molar-refractivity contribution is 4.67. The summed E-state index contributed by atoms with van der Waals surface area (Å²) in [4.78, 5) is 2.07. The summed E-state index contributed by atoms with van der Waals surface area (Å²) in [6.07, 6.45) is 23.3. The van der Waals surface area contributed by atoms with E-state index in [2.05, 4.69) is 11.8 Å². The molecule has 0 aliphatic carbocycles. The molecule has 0 rings (SSSR count). The number of aliphatic hydroxyl groups is 2. The highest BCUT2D eigenvalue weighted by Gasteiger charge is 2.12. The van der Waals surface area contributed by atoms with E-state index in [1.165, 1.54) is 103 Å². The Hall–Kier alpha value is -0.120. The molecule has 0 aromatic heterocycles. The van der Waals surface area contributed by atoms with E-state index in [0.29, 0.717) is 6.54 Å². The van der Waals surface area contributed by atoms with Crippen LogP contribution in [0.15, 0.2) is 0 Å². The van der Waals surface area contributed by atoms with E-state index in [0.717, 1.165) is 6.42 Å². The van der Waals surface area contributed by atoms with Crippen molar-refractivity contribution in [3.63, 3.8) is 0 Å². The Morgan fingerprint density at radius 1 is 0.615 bits per heavy atom. The molecule has 3 heteroatoms. The predicted octanol–water partition coefficient (Wildman–Crippen LogP) is 5.92. The van der Waals surface area contributed by atoms with Crippen LogP contribution >= 0.6 is 0 Å². The van der Waals surface area contributed by atoms with Gasteiger partial charge in [0.1, 0.15) is 0 Å². The molecular weight excluding hydrogens is 322 g/mol. The summed E-state index contributed by atoms with van der Waals surface area (Å²) < 4.78 is 0. The van der Waals surface area contributed by atoms with E-state index < -0.39 is 0 Å². The van der Waals surface area contributed by atoms with Crippen molar-refractivity contribution in [2.75, 3.05) is 26.8 Å². The molecule has 0 fully saturated rings. The maximum absolute atomic E-state index is 9.43. The van der Waals surface area contributed by atoms with Gasteiger partial charge < -0.3 is 10.2 Å². The molecule has 0 bridgehead atoms. The molecule has 0 spiro atoms. The first-order chi connectivity index (χ1) is 12.8. The van der Waals surface area contributed by atoms with E-state index in [4.69, 9.17) is 5.11 Å². The third-order valence-electron chi connectivity index (χ3n) is 5.68. The van der Waals surface area contributed by atoms with Crippen molar-refractivity contribution in [3.05, 3.63) is 0 Å². The van der Waals surface area contributed by atoms with Crippen molar-refractivity contribution in [1.82, 2.24) is 4.90 Å². The number of likely N-dealkylation sites (N-methyl/N-ethyl adjacent to an activating group) is 1. The van der Waals surface area contributed by atoms with Gasteiger partial charge in [-0.25, -0.2) is 0 Å². The molecule has 0 amide bonds. The number of hydrogen-bond acceptors (Lipinski definition) is 3. The van der Waals surface area contributed by atoms with Crippen molar-refractivity contribution < 1.29 is 10.2 Å². The van der Waals surface area contributed by atoms with Crippen LogP contribution in [0.5, 0.6) is 0 Å². The van der Waals surface area contributed by atoms with Gasteiger partial charge in [-0.2, -0.15) is 0 Å². The van der Waals surface area contributed by atoms with Gasteiger partial charge in [-0.1, -0.05) is 110 Å². The summed E-state index contributed by atoms with van der Waals surface area (Å²) in [6, 6.07) is 0.216. The van der Waals surface area contributed by atoms with Crippen LogP contribution in [-0.2, 0) is 0 Å². The summed E-state index contributed by atoms with van der Waals surface area (Å²) in [5.74, 6) is 0. The molecule has 0 aromatic rings. The highest BCUT2D eigenvalue weighted by atomic mass is 16.3. The van der Waals surface area contributed by atoms with Crippen LogP contribution in [0.25, 0.3) is 0 Å². The van der Waals surface area contributed by atoms with Crippen LogP contribution in [0.1, 0.15) is 116 Å². The Labute approximate surface area is 164 Å². The molecule has 0 aliphatic heterocycles. The zero-order valence-electron chi connectivity index (χ0n) is 18.1. The number of nitrogens with zero attached hydrogens (tertiary/aromatic N) is 1. The lowest BCUT2D eigenvalue weighted by atomic mass is 10.0. The Kier molecular flexibility index (Phi) is 21.1. The first-order valence-electron chi connectivity index (χ1n) is 11.7. The Morgan fingerprint density at radius 3 is 1.35 bits per heavy atom. The molecule has 2 N–H and O–H groups in total. The second-order valence-corrected chi connectivity index (χ2v) is 8.13. The van der Waals surface area contributed by atoms with Gasteiger partial charge in [0.15, 0.2) is 0 Å². The Balaban J connectivity index is 3.21. The summed E-state index contributed by atoms with van der Waals surface area (Å²) in [5, 5.41) is 18.4. The first-order valence-corrected chi connectivity index (χ1v) is 11.7. The Bertz CT molecular complexity index is 261. The molecule has 0 radical (unpaired) electrons. The van der Waals surface area contributed by atoms with Gasteiger partial charge in [-0.15, -0.1) is 0 Å². The fraction of sp³-hybridized carbons (Fsp3) is 1.00. The molecule has 0 aliphatic rings. The first kappa shape index (κ1) is 25.9. The van der Waals surface area contributed by atoms with Crippen molar-refractivity contribution in [3.8, 4) is 0 Å². The molecule has 0 aromatic carbocycles. The SMILES string of the molecule is CCCCCCCCCCCCCCCCCCC(CO)N(C)CCO. The van der Waals surface area contributed by atoms with Crippen molar-refractivity contribution >= 4 is 0 Å². The lowest BCUT2D eigenvalue weighted by molar-refractivity contribution is 0.117. The molecule has 0 saturated heterocycles. The topological polar surface area (TPSA) is 43.7 Å². The highest BCUT2D eigenvalue weighted by Crippen LogP contribution is 2.15. The average molecular weight is 372 g/mol. The minimum Gasteiger partial charge on any atom is -0.395 e. The smallest absolute Gasteiger partial charge is 0.0586 e. The molecule has 26 heavy (non-hydrogen) atoms. The van der Waals surface area contributed by atoms with Crippen molar-refractivity contribution in [1.29, 1.82) is 0 Å². The number of hydrogen-bond donors (Lipinski definition) is 2. The molecule has 1 atom stereocenters. The van der Waals surface area contributed by atoms with Crippen LogP contribution in [0.4, 0.5) is 0 Å². The van der Waals surface area contributed by atoms with E-state index in [9.17, 15) is 5.11 Å². The van der Waals surface area contributed by atoms with Crippen LogP contribution in [0.3, 0.4) is 0 Å². The monoisotopic (exact) mass is 371 g/mol. The van der Waals surface area contributed by atoms with Crippen molar-refractivity contribution in [2.45, 2.75) is 122 Å². The summed E-state index contributed by atoms with van der Waals surface area (Å²) in [5.41, 5.74) is 0. The van der Waals surface area contributed by atoms with E-state index in [1.54, 1.807) is 0 Å². The second-order valence-electron chi connectivity index (χ2n) is 8.13. The molecular formula is C23H49NO2. The molecule has 1 unspecified atom stereocenters. The largest absolute Gasteiger partial charge is 0.395 e. The van der Waals surface area contributed by atoms with E-state index in [-0.39, 0.29) is 19.3 Å². The number of unbranched alkanes of at least 4 members (excludes halogenated alkanes) is 15. The van der Waals surface area contributed by atoms with Crippen LogP contribution < -0.4 is 0 Å². The lowest BCUT2D eigenvalue weighted by Crippen LogP contribution is -2.36. The summed E-state index contributed by atoms with van der Waals surface area (Å²) in [7, 11) is 1.99. The van der Waals surface area contributed by atoms with Gasteiger partial charge in [0, 0.05) is 12.6 Å². The Morgan fingerprint density at radius 2 is 1.00 bits per heavy atom. The van der Waals surface area contributed by atoms with Crippen LogP contribution in [0.2, 0.25) is 0 Å². The summed E-state index contributed by atoms with van der Waals surface area (Å²) >= 11 is 0. The normalized spacial score (nSPS) is 12.8. The minimum absolute atomic E-state index is 0.173. The maximum Gasteiger partial charge on any atom is 0.0586 e. The van der Waals surface area contributed by atoms with Gasteiger partial charge in [0.2, 0.25) is 0 Å². The quantitative estimate of drug-likeness (QED) is 0.246. The average Bonchev–Trinajstić information content (AvgIpc) is 2.64. The molecule has 0 heterocycles. The minimum atomic E-state index is 0.173.